The van der Waals surface area contributed by atoms with Crippen LogP contribution < -0.4 is 9.47 Å². The molecule has 1 aliphatic rings. The number of aryl methyl sites for hydroxylation is 2. The number of fused-ring (bicyclic) bond motifs is 3. The summed E-state index contributed by atoms with van der Waals surface area (Å²) in [4.78, 5) is 26.0. The van der Waals surface area contributed by atoms with Crippen LogP contribution in [0.4, 0.5) is 0 Å². The van der Waals surface area contributed by atoms with Crippen LogP contribution in [0.25, 0.3) is 33.4 Å². The summed E-state index contributed by atoms with van der Waals surface area (Å²) in [6, 6.07) is 43.0. The molecule has 1 aliphatic carbocycles. The van der Waals surface area contributed by atoms with E-state index >= 15 is 0 Å². The first-order valence-electron chi connectivity index (χ1n) is 15.4. The average molecular weight is 601 g/mol. The Kier molecular flexibility index (Phi) is 7.55. The van der Waals surface area contributed by atoms with Gasteiger partial charge in [-0.1, -0.05) is 103 Å². The zero-order chi connectivity index (χ0) is 31.8. The molecule has 0 aliphatic heterocycles. The topological polar surface area (TPSA) is 52.6 Å². The minimum Gasteiger partial charge on any atom is -0.423 e. The maximum Gasteiger partial charge on any atom is 0.343 e. The van der Waals surface area contributed by atoms with Crippen LogP contribution in [0, 0.1) is 13.8 Å². The third-order valence-corrected chi connectivity index (χ3v) is 8.70. The van der Waals surface area contributed by atoms with Crippen LogP contribution in [0.5, 0.6) is 11.5 Å². The molecule has 4 nitrogen and oxygen atoms in total. The van der Waals surface area contributed by atoms with E-state index in [1.807, 2.05) is 60.7 Å². The summed E-state index contributed by atoms with van der Waals surface area (Å²) in [6.07, 6.45) is 0. The monoisotopic (exact) mass is 600 g/mol. The molecule has 0 bridgehead atoms. The Labute approximate surface area is 268 Å². The molecule has 0 radical (unpaired) electrons. The lowest BCUT2D eigenvalue weighted by Crippen LogP contribution is -2.08. The summed E-state index contributed by atoms with van der Waals surface area (Å²) in [5, 5.41) is 0. The minimum atomic E-state index is -0.403. The maximum absolute atomic E-state index is 13.0. The summed E-state index contributed by atoms with van der Waals surface area (Å²) in [5.41, 5.74) is 12.0. The molecule has 7 rings (SSSR count). The van der Waals surface area contributed by atoms with Crippen molar-refractivity contribution in [3.63, 3.8) is 0 Å². The van der Waals surface area contributed by atoms with Crippen LogP contribution in [0.15, 0.2) is 133 Å². The second-order valence-electron chi connectivity index (χ2n) is 11.9. The van der Waals surface area contributed by atoms with Crippen molar-refractivity contribution >= 4 is 11.9 Å². The highest BCUT2D eigenvalue weighted by atomic mass is 16.5. The lowest BCUT2D eigenvalue weighted by Gasteiger charge is -2.10. The van der Waals surface area contributed by atoms with E-state index in [4.69, 9.17) is 9.47 Å². The van der Waals surface area contributed by atoms with Gasteiger partial charge in [0.25, 0.3) is 0 Å². The smallest absolute Gasteiger partial charge is 0.343 e. The van der Waals surface area contributed by atoms with Gasteiger partial charge in [-0.2, -0.15) is 0 Å². The summed E-state index contributed by atoms with van der Waals surface area (Å²) in [5.74, 6) is 0.211. The molecule has 6 aromatic carbocycles. The predicted molar refractivity (Wildman–Crippen MR) is 183 cm³/mol. The molecule has 46 heavy (non-hydrogen) atoms. The van der Waals surface area contributed by atoms with Crippen molar-refractivity contribution in [1.82, 2.24) is 0 Å². The molecule has 0 aromatic heterocycles. The number of carbonyl (C=O) groups is 2. The number of hydrogen-bond acceptors (Lipinski definition) is 4. The van der Waals surface area contributed by atoms with Gasteiger partial charge in [0.1, 0.15) is 11.5 Å². The molecule has 4 heteroatoms. The fourth-order valence-electron chi connectivity index (χ4n) is 6.00. The van der Waals surface area contributed by atoms with Gasteiger partial charge in [0.2, 0.25) is 0 Å². The van der Waals surface area contributed by atoms with Crippen molar-refractivity contribution in [1.29, 1.82) is 0 Å². The fourth-order valence-corrected chi connectivity index (χ4v) is 6.00. The molecule has 6 aromatic rings. The van der Waals surface area contributed by atoms with Crippen molar-refractivity contribution in [2.75, 3.05) is 0 Å². The summed E-state index contributed by atoms with van der Waals surface area (Å²) in [6.45, 7) is 6.23. The Morgan fingerprint density at radius 1 is 0.457 bits per heavy atom. The van der Waals surface area contributed by atoms with Gasteiger partial charge in [-0.3, -0.25) is 0 Å². The molecule has 0 atom stereocenters. The maximum atomic E-state index is 13.0. The second kappa shape index (κ2) is 12.0. The summed E-state index contributed by atoms with van der Waals surface area (Å²) in [7, 11) is 0. The molecule has 0 fully saturated rings. The van der Waals surface area contributed by atoms with Gasteiger partial charge in [-0.15, -0.1) is 0 Å². The van der Waals surface area contributed by atoms with E-state index in [-0.39, 0.29) is 5.92 Å². The molecule has 0 unspecified atom stereocenters. The highest BCUT2D eigenvalue weighted by Gasteiger charge is 2.27. The van der Waals surface area contributed by atoms with Gasteiger partial charge in [0, 0.05) is 5.92 Å². The Hall–Kier alpha value is -5.74. The fraction of sp³-hybridized carbons (Fsp3) is 0.0952. The molecule has 0 spiro atoms. The molecular formula is C42H32O4. The number of benzene rings is 6. The highest BCUT2D eigenvalue weighted by molar-refractivity contribution is 5.93. The first-order chi connectivity index (χ1) is 22.3. The van der Waals surface area contributed by atoms with E-state index in [9.17, 15) is 9.59 Å². The first-order valence-corrected chi connectivity index (χ1v) is 15.4. The molecule has 0 amide bonds. The van der Waals surface area contributed by atoms with Crippen molar-refractivity contribution < 1.29 is 19.1 Å². The Morgan fingerprint density at radius 3 is 1.13 bits per heavy atom. The van der Waals surface area contributed by atoms with Gasteiger partial charge in [-0.25, -0.2) is 9.59 Å². The van der Waals surface area contributed by atoms with E-state index in [1.165, 1.54) is 11.1 Å². The van der Waals surface area contributed by atoms with Crippen LogP contribution in [-0.2, 0) is 0 Å². The standard InChI is InChI=1S/C42H32O4/c1-26-4-8-29(9-5-26)31-12-16-33(17-13-31)41(43)45-35-20-22-37-38-23-21-36(25-40(38)28(3)39(37)24-35)46-42(44)34-18-14-32(15-19-34)30-10-6-27(2)7-11-30/h4-25,28H,1-3H3. The highest BCUT2D eigenvalue weighted by Crippen LogP contribution is 2.47. The van der Waals surface area contributed by atoms with Gasteiger partial charge >= 0.3 is 11.9 Å². The van der Waals surface area contributed by atoms with Crippen LogP contribution in [0.2, 0.25) is 0 Å². The van der Waals surface area contributed by atoms with Gasteiger partial charge in [0.15, 0.2) is 0 Å². The SMILES string of the molecule is Cc1ccc(-c2ccc(C(=O)Oc3ccc4c(c3)C(C)c3cc(OC(=O)c5ccc(-c6ccc(C)cc6)cc5)ccc3-4)cc2)cc1. The van der Waals surface area contributed by atoms with Crippen LogP contribution >= 0.6 is 0 Å². The van der Waals surface area contributed by atoms with E-state index in [0.717, 1.165) is 44.5 Å². The van der Waals surface area contributed by atoms with Crippen molar-refractivity contribution in [2.24, 2.45) is 0 Å². The molecule has 0 heterocycles. The molecule has 0 saturated heterocycles. The predicted octanol–water partition coefficient (Wildman–Crippen LogP) is 10.2. The van der Waals surface area contributed by atoms with Gasteiger partial charge < -0.3 is 9.47 Å². The normalized spacial score (nSPS) is 11.9. The summed E-state index contributed by atoms with van der Waals surface area (Å²) >= 11 is 0. The van der Waals surface area contributed by atoms with E-state index in [1.54, 1.807) is 24.3 Å². The van der Waals surface area contributed by atoms with E-state index in [2.05, 4.69) is 69.3 Å². The second-order valence-corrected chi connectivity index (χ2v) is 11.9. The molecule has 0 saturated carbocycles. The Morgan fingerprint density at radius 2 is 0.783 bits per heavy atom. The zero-order valence-electron chi connectivity index (χ0n) is 25.9. The van der Waals surface area contributed by atoms with Crippen molar-refractivity contribution in [3.05, 3.63) is 167 Å². The third-order valence-electron chi connectivity index (χ3n) is 8.70. The minimum absolute atomic E-state index is 0.0323. The molecule has 0 N–H and O–H groups in total. The van der Waals surface area contributed by atoms with Crippen LogP contribution in [0.3, 0.4) is 0 Å². The third kappa shape index (κ3) is 5.73. The largest absolute Gasteiger partial charge is 0.423 e. The number of hydrogen-bond donors (Lipinski definition) is 0. The number of esters is 2. The average Bonchev–Trinajstić information content (AvgIpc) is 3.35. The number of rotatable bonds is 6. The quantitative estimate of drug-likeness (QED) is 0.141. The number of carbonyl (C=O) groups excluding carboxylic acids is 2. The zero-order valence-corrected chi connectivity index (χ0v) is 25.9. The van der Waals surface area contributed by atoms with Gasteiger partial charge in [-0.05, 0) is 107 Å². The van der Waals surface area contributed by atoms with E-state index in [0.29, 0.717) is 22.6 Å². The first kappa shape index (κ1) is 29.0. The molecule has 224 valence electrons. The van der Waals surface area contributed by atoms with Gasteiger partial charge in [0.05, 0.1) is 11.1 Å². The Balaban J connectivity index is 1.03. The molecular weight excluding hydrogens is 568 g/mol. The van der Waals surface area contributed by atoms with E-state index < -0.39 is 11.9 Å². The van der Waals surface area contributed by atoms with Crippen molar-refractivity contribution in [2.45, 2.75) is 26.7 Å². The van der Waals surface area contributed by atoms with Crippen LogP contribution in [0.1, 0.15) is 55.8 Å². The van der Waals surface area contributed by atoms with Crippen molar-refractivity contribution in [3.8, 4) is 44.9 Å². The Bertz CT molecular complexity index is 1920. The van der Waals surface area contributed by atoms with Crippen LogP contribution in [-0.4, -0.2) is 11.9 Å². The number of ether oxygens (including phenoxy) is 2. The lowest BCUT2D eigenvalue weighted by molar-refractivity contribution is 0.0725. The summed E-state index contributed by atoms with van der Waals surface area (Å²) < 4.78 is 11.6. The lowest BCUT2D eigenvalue weighted by atomic mass is 9.99.